The monoisotopic (exact) mass is 259 g/mol. The molecule has 0 spiro atoms. The number of likely N-dealkylation sites (N-methyl/N-ethyl adjacent to an activating group) is 1. The van der Waals surface area contributed by atoms with Gasteiger partial charge in [0.05, 0.1) is 13.2 Å². The van der Waals surface area contributed by atoms with Gasteiger partial charge in [-0.15, -0.1) is 0 Å². The zero-order chi connectivity index (χ0) is 14.2. The Morgan fingerprint density at radius 2 is 1.89 bits per heavy atom. The first-order valence-electron chi connectivity index (χ1n) is 6.43. The molecule has 0 bridgehead atoms. The highest BCUT2D eigenvalue weighted by atomic mass is 16.5. The SMILES string of the molecule is CCOC(=O)C(C)(C)C(=O)CN(CC)CCCO. The summed E-state index contributed by atoms with van der Waals surface area (Å²) in [7, 11) is 0. The Morgan fingerprint density at radius 3 is 2.33 bits per heavy atom. The van der Waals surface area contributed by atoms with Gasteiger partial charge in [-0.05, 0) is 33.7 Å². The van der Waals surface area contributed by atoms with Crippen molar-refractivity contribution in [3.05, 3.63) is 0 Å². The summed E-state index contributed by atoms with van der Waals surface area (Å²) in [4.78, 5) is 25.7. The van der Waals surface area contributed by atoms with Crippen molar-refractivity contribution in [2.24, 2.45) is 5.41 Å². The highest BCUT2D eigenvalue weighted by Gasteiger charge is 2.37. The van der Waals surface area contributed by atoms with Gasteiger partial charge in [-0.1, -0.05) is 6.92 Å². The van der Waals surface area contributed by atoms with E-state index in [0.717, 1.165) is 0 Å². The van der Waals surface area contributed by atoms with Crippen molar-refractivity contribution >= 4 is 11.8 Å². The van der Waals surface area contributed by atoms with Gasteiger partial charge in [0.2, 0.25) is 0 Å². The van der Waals surface area contributed by atoms with Crippen molar-refractivity contribution in [3.63, 3.8) is 0 Å². The summed E-state index contributed by atoms with van der Waals surface area (Å²) in [6.07, 6.45) is 0.626. The minimum Gasteiger partial charge on any atom is -0.465 e. The predicted octanol–water partition coefficient (Wildman–Crippen LogP) is 0.849. The molecule has 106 valence electrons. The fourth-order valence-electron chi connectivity index (χ4n) is 1.47. The lowest BCUT2D eigenvalue weighted by Crippen LogP contribution is -2.42. The smallest absolute Gasteiger partial charge is 0.319 e. The normalized spacial score (nSPS) is 11.7. The molecule has 0 rings (SSSR count). The highest BCUT2D eigenvalue weighted by Crippen LogP contribution is 2.19. The second kappa shape index (κ2) is 8.21. The molecular formula is C13H25NO4. The van der Waals surface area contributed by atoms with Crippen LogP contribution in [0.25, 0.3) is 0 Å². The maximum Gasteiger partial charge on any atom is 0.319 e. The van der Waals surface area contributed by atoms with E-state index >= 15 is 0 Å². The van der Waals surface area contributed by atoms with E-state index < -0.39 is 11.4 Å². The molecule has 0 aliphatic carbocycles. The number of Topliss-reactive ketones (excluding diaryl/α,β-unsaturated/α-hetero) is 1. The summed E-state index contributed by atoms with van der Waals surface area (Å²) in [5, 5.41) is 8.78. The summed E-state index contributed by atoms with van der Waals surface area (Å²) in [6, 6.07) is 0. The number of carbonyl (C=O) groups is 2. The van der Waals surface area contributed by atoms with Crippen LogP contribution in [0.4, 0.5) is 0 Å². The van der Waals surface area contributed by atoms with E-state index in [2.05, 4.69) is 0 Å². The molecule has 0 saturated carbocycles. The Hall–Kier alpha value is -0.940. The van der Waals surface area contributed by atoms with Gasteiger partial charge in [0.1, 0.15) is 5.41 Å². The van der Waals surface area contributed by atoms with Crippen LogP contribution in [0.2, 0.25) is 0 Å². The number of hydrogen-bond donors (Lipinski definition) is 1. The molecule has 0 saturated heterocycles. The van der Waals surface area contributed by atoms with Crippen molar-refractivity contribution in [1.29, 1.82) is 0 Å². The van der Waals surface area contributed by atoms with Crippen LogP contribution in [0.5, 0.6) is 0 Å². The topological polar surface area (TPSA) is 66.8 Å². The van der Waals surface area contributed by atoms with E-state index in [1.54, 1.807) is 20.8 Å². The Morgan fingerprint density at radius 1 is 1.28 bits per heavy atom. The van der Waals surface area contributed by atoms with Gasteiger partial charge in [0.15, 0.2) is 5.78 Å². The van der Waals surface area contributed by atoms with Crippen LogP contribution in [-0.2, 0) is 14.3 Å². The van der Waals surface area contributed by atoms with Gasteiger partial charge in [0.25, 0.3) is 0 Å². The highest BCUT2D eigenvalue weighted by molar-refractivity contribution is 6.03. The number of esters is 1. The number of ether oxygens (including phenoxy) is 1. The minimum atomic E-state index is -1.11. The third-order valence-electron chi connectivity index (χ3n) is 2.93. The van der Waals surface area contributed by atoms with Crippen LogP contribution < -0.4 is 0 Å². The molecule has 0 radical (unpaired) electrons. The van der Waals surface area contributed by atoms with Crippen LogP contribution in [0.1, 0.15) is 34.1 Å². The lowest BCUT2D eigenvalue weighted by Gasteiger charge is -2.25. The maximum absolute atomic E-state index is 12.1. The summed E-state index contributed by atoms with van der Waals surface area (Å²) >= 11 is 0. The quantitative estimate of drug-likeness (QED) is 0.491. The molecule has 0 fully saturated rings. The third-order valence-corrected chi connectivity index (χ3v) is 2.93. The number of ketones is 1. The fraction of sp³-hybridized carbons (Fsp3) is 0.846. The largest absolute Gasteiger partial charge is 0.465 e. The van der Waals surface area contributed by atoms with Gasteiger partial charge in [-0.3, -0.25) is 14.5 Å². The first-order valence-corrected chi connectivity index (χ1v) is 6.43. The predicted molar refractivity (Wildman–Crippen MR) is 69.2 cm³/mol. The molecule has 0 aromatic carbocycles. The standard InChI is InChI=1S/C13H25NO4/c1-5-14(8-7-9-15)10-11(16)13(3,4)12(17)18-6-2/h15H,5-10H2,1-4H3. The van der Waals surface area contributed by atoms with Gasteiger partial charge < -0.3 is 9.84 Å². The second-order valence-electron chi connectivity index (χ2n) is 4.71. The summed E-state index contributed by atoms with van der Waals surface area (Å²) in [6.45, 7) is 8.80. The first-order chi connectivity index (χ1) is 8.39. The van der Waals surface area contributed by atoms with Crippen LogP contribution >= 0.6 is 0 Å². The van der Waals surface area contributed by atoms with Crippen molar-refractivity contribution in [3.8, 4) is 0 Å². The van der Waals surface area contributed by atoms with E-state index in [4.69, 9.17) is 9.84 Å². The van der Waals surface area contributed by atoms with E-state index in [1.165, 1.54) is 0 Å². The average molecular weight is 259 g/mol. The molecule has 1 N–H and O–H groups in total. The molecule has 0 unspecified atom stereocenters. The van der Waals surface area contributed by atoms with E-state index in [0.29, 0.717) is 19.5 Å². The number of carbonyl (C=O) groups excluding carboxylic acids is 2. The molecule has 0 atom stereocenters. The Bertz CT molecular complexity index is 276. The number of rotatable bonds is 9. The molecule has 5 heteroatoms. The molecule has 0 amide bonds. The molecule has 0 aliphatic heterocycles. The summed E-state index contributed by atoms with van der Waals surface area (Å²) in [5.41, 5.74) is -1.11. The first kappa shape index (κ1) is 17.1. The lowest BCUT2D eigenvalue weighted by molar-refractivity contribution is -0.158. The van der Waals surface area contributed by atoms with Crippen LogP contribution in [0.15, 0.2) is 0 Å². The minimum absolute atomic E-state index is 0.103. The van der Waals surface area contributed by atoms with Crippen LogP contribution in [0, 0.1) is 5.41 Å². The Kier molecular flexibility index (Phi) is 7.78. The Balaban J connectivity index is 4.47. The van der Waals surface area contributed by atoms with E-state index in [9.17, 15) is 9.59 Å². The van der Waals surface area contributed by atoms with Crippen molar-refractivity contribution in [1.82, 2.24) is 4.90 Å². The molecule has 0 aromatic heterocycles. The molecule has 0 heterocycles. The summed E-state index contributed by atoms with van der Waals surface area (Å²) < 4.78 is 4.91. The van der Waals surface area contributed by atoms with Crippen molar-refractivity contribution in [2.45, 2.75) is 34.1 Å². The third kappa shape index (κ3) is 5.14. The molecular weight excluding hydrogens is 234 g/mol. The second-order valence-corrected chi connectivity index (χ2v) is 4.71. The van der Waals surface area contributed by atoms with E-state index in [1.807, 2.05) is 11.8 Å². The molecule has 18 heavy (non-hydrogen) atoms. The van der Waals surface area contributed by atoms with Crippen molar-refractivity contribution < 1.29 is 19.4 Å². The fourth-order valence-corrected chi connectivity index (χ4v) is 1.47. The summed E-state index contributed by atoms with van der Waals surface area (Å²) in [5.74, 6) is -0.631. The lowest BCUT2D eigenvalue weighted by atomic mass is 9.88. The number of aliphatic hydroxyl groups is 1. The zero-order valence-electron chi connectivity index (χ0n) is 11.9. The molecule has 0 aliphatic rings. The molecule has 0 aromatic rings. The van der Waals surface area contributed by atoms with Crippen LogP contribution in [0.3, 0.4) is 0 Å². The number of aliphatic hydroxyl groups excluding tert-OH is 1. The maximum atomic E-state index is 12.1. The Labute approximate surface area is 109 Å². The van der Waals surface area contributed by atoms with E-state index in [-0.39, 0.29) is 25.5 Å². The van der Waals surface area contributed by atoms with Gasteiger partial charge in [-0.2, -0.15) is 0 Å². The molecule has 5 nitrogen and oxygen atoms in total. The van der Waals surface area contributed by atoms with Gasteiger partial charge >= 0.3 is 5.97 Å². The van der Waals surface area contributed by atoms with Crippen molar-refractivity contribution in [2.75, 3.05) is 32.8 Å². The number of hydrogen-bond acceptors (Lipinski definition) is 5. The van der Waals surface area contributed by atoms with Crippen LogP contribution in [-0.4, -0.2) is 54.6 Å². The average Bonchev–Trinajstić information content (AvgIpc) is 2.34. The van der Waals surface area contributed by atoms with Gasteiger partial charge in [0, 0.05) is 13.2 Å². The zero-order valence-corrected chi connectivity index (χ0v) is 11.9. The number of nitrogens with zero attached hydrogens (tertiary/aromatic N) is 1. The van der Waals surface area contributed by atoms with Gasteiger partial charge in [-0.25, -0.2) is 0 Å².